The van der Waals surface area contributed by atoms with Gasteiger partial charge in [0.2, 0.25) is 5.91 Å². The first kappa shape index (κ1) is 12.9. The number of rotatable bonds is 2. The van der Waals surface area contributed by atoms with Gasteiger partial charge in [0.1, 0.15) is 0 Å². The monoisotopic (exact) mass is 238 g/mol. The van der Waals surface area contributed by atoms with Crippen LogP contribution in [0.1, 0.15) is 52.4 Å². The third-order valence-electron chi connectivity index (χ3n) is 4.60. The molecular formula is C14H26N2O. The molecule has 0 heterocycles. The van der Waals surface area contributed by atoms with Crippen LogP contribution in [0.25, 0.3) is 0 Å². The van der Waals surface area contributed by atoms with Gasteiger partial charge in [0.15, 0.2) is 0 Å². The Bertz CT molecular complexity index is 279. The summed E-state index contributed by atoms with van der Waals surface area (Å²) in [5.74, 6) is 1.87. The summed E-state index contributed by atoms with van der Waals surface area (Å²) >= 11 is 0. The average molecular weight is 238 g/mol. The van der Waals surface area contributed by atoms with Gasteiger partial charge < -0.3 is 11.1 Å². The van der Waals surface area contributed by atoms with Gasteiger partial charge in [-0.15, -0.1) is 0 Å². The lowest BCUT2D eigenvalue weighted by Gasteiger charge is -2.33. The fraction of sp³-hybridized carbons (Fsp3) is 0.929. The second-order valence-electron chi connectivity index (χ2n) is 6.28. The Hall–Kier alpha value is -0.570. The number of hydrogen-bond donors (Lipinski definition) is 2. The maximum Gasteiger partial charge on any atom is 0.223 e. The summed E-state index contributed by atoms with van der Waals surface area (Å²) in [4.78, 5) is 12.1. The minimum atomic E-state index is 0.177. The van der Waals surface area contributed by atoms with E-state index in [0.29, 0.717) is 12.0 Å². The van der Waals surface area contributed by atoms with E-state index < -0.39 is 0 Å². The van der Waals surface area contributed by atoms with Crippen LogP contribution in [0.15, 0.2) is 0 Å². The molecule has 0 spiro atoms. The Labute approximate surface area is 105 Å². The number of carbonyl (C=O) groups excluding carboxylic acids is 1. The SMILES string of the molecule is CC1CCC(NC(=O)C2CCC(N)C2)C(C)C1. The van der Waals surface area contributed by atoms with Crippen LogP contribution >= 0.6 is 0 Å². The lowest BCUT2D eigenvalue weighted by molar-refractivity contribution is -0.126. The summed E-state index contributed by atoms with van der Waals surface area (Å²) in [6, 6.07) is 0.644. The highest BCUT2D eigenvalue weighted by Crippen LogP contribution is 2.30. The van der Waals surface area contributed by atoms with Gasteiger partial charge in [-0.05, 0) is 50.4 Å². The van der Waals surface area contributed by atoms with Crippen molar-refractivity contribution in [3.05, 3.63) is 0 Å². The van der Waals surface area contributed by atoms with Gasteiger partial charge in [0.25, 0.3) is 0 Å². The fourth-order valence-corrected chi connectivity index (χ4v) is 3.43. The fourth-order valence-electron chi connectivity index (χ4n) is 3.43. The van der Waals surface area contributed by atoms with Crippen molar-refractivity contribution < 1.29 is 4.79 Å². The predicted molar refractivity (Wildman–Crippen MR) is 69.4 cm³/mol. The van der Waals surface area contributed by atoms with Crippen LogP contribution in [0.2, 0.25) is 0 Å². The molecule has 17 heavy (non-hydrogen) atoms. The van der Waals surface area contributed by atoms with E-state index in [9.17, 15) is 4.79 Å². The van der Waals surface area contributed by atoms with Gasteiger partial charge in [-0.3, -0.25) is 4.79 Å². The Morgan fingerprint density at radius 3 is 2.47 bits per heavy atom. The highest BCUT2D eigenvalue weighted by Gasteiger charge is 2.31. The molecule has 0 saturated heterocycles. The van der Waals surface area contributed by atoms with E-state index in [-0.39, 0.29) is 17.9 Å². The van der Waals surface area contributed by atoms with E-state index in [0.717, 1.165) is 31.6 Å². The predicted octanol–water partition coefficient (Wildman–Crippen LogP) is 2.05. The van der Waals surface area contributed by atoms with Crippen LogP contribution in [-0.4, -0.2) is 18.0 Å². The molecule has 0 aromatic heterocycles. The van der Waals surface area contributed by atoms with Crippen LogP contribution in [0.5, 0.6) is 0 Å². The summed E-state index contributed by atoms with van der Waals surface area (Å²) in [6.45, 7) is 4.57. The number of amides is 1. The molecule has 5 unspecified atom stereocenters. The normalized spacial score (nSPS) is 42.4. The van der Waals surface area contributed by atoms with Crippen molar-refractivity contribution in [3.63, 3.8) is 0 Å². The minimum Gasteiger partial charge on any atom is -0.353 e. The van der Waals surface area contributed by atoms with Crippen LogP contribution in [0.3, 0.4) is 0 Å². The first-order valence-corrected chi connectivity index (χ1v) is 7.12. The van der Waals surface area contributed by atoms with E-state index in [1.54, 1.807) is 0 Å². The second-order valence-corrected chi connectivity index (χ2v) is 6.28. The quantitative estimate of drug-likeness (QED) is 0.773. The third kappa shape index (κ3) is 3.21. The van der Waals surface area contributed by atoms with Gasteiger partial charge in [0, 0.05) is 18.0 Å². The Morgan fingerprint density at radius 1 is 1.12 bits per heavy atom. The molecule has 0 radical (unpaired) electrons. The largest absolute Gasteiger partial charge is 0.353 e. The van der Waals surface area contributed by atoms with Gasteiger partial charge in [-0.1, -0.05) is 13.8 Å². The Morgan fingerprint density at radius 2 is 1.88 bits per heavy atom. The van der Waals surface area contributed by atoms with Crippen molar-refractivity contribution in [1.29, 1.82) is 0 Å². The molecule has 1 amide bonds. The number of nitrogens with two attached hydrogens (primary N) is 1. The summed E-state index contributed by atoms with van der Waals surface area (Å²) in [6.07, 6.45) is 6.50. The van der Waals surface area contributed by atoms with Gasteiger partial charge in [-0.2, -0.15) is 0 Å². The number of nitrogens with one attached hydrogen (secondary N) is 1. The maximum absolute atomic E-state index is 12.1. The van der Waals surface area contributed by atoms with Crippen LogP contribution in [-0.2, 0) is 4.79 Å². The lowest BCUT2D eigenvalue weighted by Crippen LogP contribution is -2.44. The zero-order chi connectivity index (χ0) is 12.4. The first-order valence-electron chi connectivity index (χ1n) is 7.12. The van der Waals surface area contributed by atoms with E-state index in [1.165, 1.54) is 12.8 Å². The van der Waals surface area contributed by atoms with Crippen molar-refractivity contribution >= 4 is 5.91 Å². The highest BCUT2D eigenvalue weighted by atomic mass is 16.1. The van der Waals surface area contributed by atoms with Crippen molar-refractivity contribution in [2.75, 3.05) is 0 Å². The van der Waals surface area contributed by atoms with Crippen molar-refractivity contribution in [3.8, 4) is 0 Å². The van der Waals surface area contributed by atoms with Crippen LogP contribution in [0.4, 0.5) is 0 Å². The Kier molecular flexibility index (Phi) is 4.08. The third-order valence-corrected chi connectivity index (χ3v) is 4.60. The molecule has 5 atom stereocenters. The number of carbonyl (C=O) groups is 1. The number of hydrogen-bond acceptors (Lipinski definition) is 2. The van der Waals surface area contributed by atoms with E-state index in [1.807, 2.05) is 0 Å². The van der Waals surface area contributed by atoms with Gasteiger partial charge in [0.05, 0.1) is 0 Å². The van der Waals surface area contributed by atoms with E-state index >= 15 is 0 Å². The molecule has 2 aliphatic carbocycles. The zero-order valence-corrected chi connectivity index (χ0v) is 11.1. The summed E-state index contributed by atoms with van der Waals surface area (Å²) in [7, 11) is 0. The molecule has 98 valence electrons. The van der Waals surface area contributed by atoms with Crippen molar-refractivity contribution in [2.24, 2.45) is 23.5 Å². The molecule has 0 aromatic carbocycles. The molecule has 2 aliphatic rings. The second kappa shape index (κ2) is 5.38. The standard InChI is InChI=1S/C14H26N2O/c1-9-3-6-13(10(2)7-9)16-14(17)11-4-5-12(15)8-11/h9-13H,3-8,15H2,1-2H3,(H,16,17). The smallest absolute Gasteiger partial charge is 0.223 e. The molecule has 3 heteroatoms. The van der Waals surface area contributed by atoms with Crippen LogP contribution in [0, 0.1) is 17.8 Å². The summed E-state index contributed by atoms with van der Waals surface area (Å²) < 4.78 is 0. The molecule has 0 aliphatic heterocycles. The maximum atomic E-state index is 12.1. The van der Waals surface area contributed by atoms with E-state index in [2.05, 4.69) is 19.2 Å². The lowest BCUT2D eigenvalue weighted by atomic mass is 9.79. The highest BCUT2D eigenvalue weighted by molar-refractivity contribution is 5.79. The van der Waals surface area contributed by atoms with Crippen molar-refractivity contribution in [1.82, 2.24) is 5.32 Å². The molecule has 2 saturated carbocycles. The molecular weight excluding hydrogens is 212 g/mol. The van der Waals surface area contributed by atoms with Crippen LogP contribution < -0.4 is 11.1 Å². The average Bonchev–Trinajstić information content (AvgIpc) is 2.69. The van der Waals surface area contributed by atoms with E-state index in [4.69, 9.17) is 5.73 Å². The molecule has 2 rings (SSSR count). The Balaban J connectivity index is 1.82. The summed E-state index contributed by atoms with van der Waals surface area (Å²) in [5, 5.41) is 3.26. The van der Waals surface area contributed by atoms with Gasteiger partial charge >= 0.3 is 0 Å². The zero-order valence-electron chi connectivity index (χ0n) is 11.1. The molecule has 0 aromatic rings. The molecule has 0 bridgehead atoms. The van der Waals surface area contributed by atoms with Gasteiger partial charge in [-0.25, -0.2) is 0 Å². The molecule has 2 fully saturated rings. The molecule has 3 nitrogen and oxygen atoms in total. The molecule has 3 N–H and O–H groups in total. The summed E-state index contributed by atoms with van der Waals surface area (Å²) in [5.41, 5.74) is 5.86. The van der Waals surface area contributed by atoms with Crippen molar-refractivity contribution in [2.45, 2.75) is 64.5 Å². The first-order chi connectivity index (χ1) is 8.06. The topological polar surface area (TPSA) is 55.1 Å². The minimum absolute atomic E-state index is 0.177.